The first-order chi connectivity index (χ1) is 7.36. The van der Waals surface area contributed by atoms with Gasteiger partial charge in [0.15, 0.2) is 0 Å². The number of hydrogen-bond acceptors (Lipinski definition) is 3. The van der Waals surface area contributed by atoms with Crippen LogP contribution < -0.4 is 0 Å². The SMILES string of the molecule is COCCN(C)[C@@H]1C[C@H](C)N(C(C)(C)C)C1. The molecular weight excluding hydrogens is 200 g/mol. The van der Waals surface area contributed by atoms with Gasteiger partial charge in [-0.05, 0) is 41.2 Å². The molecule has 1 heterocycles. The maximum absolute atomic E-state index is 5.14. The zero-order chi connectivity index (χ0) is 12.3. The summed E-state index contributed by atoms with van der Waals surface area (Å²) in [4.78, 5) is 5.05. The van der Waals surface area contributed by atoms with Gasteiger partial charge in [-0.1, -0.05) is 0 Å². The van der Waals surface area contributed by atoms with Crippen LogP contribution in [-0.4, -0.2) is 61.3 Å². The van der Waals surface area contributed by atoms with E-state index in [0.717, 1.165) is 13.2 Å². The third-order valence-corrected chi connectivity index (χ3v) is 3.69. The van der Waals surface area contributed by atoms with E-state index in [9.17, 15) is 0 Å². The van der Waals surface area contributed by atoms with Crippen LogP contribution in [0.5, 0.6) is 0 Å². The number of likely N-dealkylation sites (N-methyl/N-ethyl adjacent to an activating group) is 1. The molecule has 0 aromatic carbocycles. The quantitative estimate of drug-likeness (QED) is 0.730. The van der Waals surface area contributed by atoms with E-state index in [1.807, 2.05) is 0 Å². The van der Waals surface area contributed by atoms with Gasteiger partial charge in [0.05, 0.1) is 6.61 Å². The number of rotatable bonds is 4. The molecule has 0 unspecified atom stereocenters. The second-order valence-corrected chi connectivity index (χ2v) is 6.04. The minimum atomic E-state index is 0.288. The average Bonchev–Trinajstić information content (AvgIpc) is 2.56. The Morgan fingerprint density at radius 3 is 2.44 bits per heavy atom. The van der Waals surface area contributed by atoms with Gasteiger partial charge in [0, 0.05) is 37.8 Å². The fourth-order valence-corrected chi connectivity index (χ4v) is 2.67. The van der Waals surface area contributed by atoms with Crippen molar-refractivity contribution >= 4 is 0 Å². The molecule has 1 fully saturated rings. The molecule has 0 aliphatic carbocycles. The highest BCUT2D eigenvalue weighted by molar-refractivity contribution is 4.93. The molecule has 0 spiro atoms. The van der Waals surface area contributed by atoms with Crippen molar-refractivity contribution in [1.29, 1.82) is 0 Å². The highest BCUT2D eigenvalue weighted by Gasteiger charge is 2.36. The summed E-state index contributed by atoms with van der Waals surface area (Å²) >= 11 is 0. The van der Waals surface area contributed by atoms with Crippen LogP contribution in [0, 0.1) is 0 Å². The van der Waals surface area contributed by atoms with Crippen LogP contribution in [0.1, 0.15) is 34.1 Å². The summed E-state index contributed by atoms with van der Waals surface area (Å²) in [5, 5.41) is 0. The third kappa shape index (κ3) is 3.44. The maximum Gasteiger partial charge on any atom is 0.0589 e. The molecule has 0 N–H and O–H groups in total. The first kappa shape index (κ1) is 13.9. The Labute approximate surface area is 101 Å². The van der Waals surface area contributed by atoms with Crippen molar-refractivity contribution in [3.63, 3.8) is 0 Å². The molecule has 3 heteroatoms. The molecule has 0 radical (unpaired) electrons. The van der Waals surface area contributed by atoms with Gasteiger partial charge in [0.2, 0.25) is 0 Å². The number of likely N-dealkylation sites (tertiary alicyclic amines) is 1. The summed E-state index contributed by atoms with van der Waals surface area (Å²) in [7, 11) is 3.98. The molecule has 1 rings (SSSR count). The number of nitrogens with zero attached hydrogens (tertiary/aromatic N) is 2. The normalized spacial score (nSPS) is 27.9. The van der Waals surface area contributed by atoms with Crippen LogP contribution in [0.15, 0.2) is 0 Å². The standard InChI is InChI=1S/C13H28N2O/c1-11-9-12(14(5)7-8-16-6)10-15(11)13(2,3)4/h11-12H,7-10H2,1-6H3/t11-,12+/m0/s1. The Balaban J connectivity index is 2.49. The van der Waals surface area contributed by atoms with E-state index in [1.165, 1.54) is 13.0 Å². The molecular formula is C13H28N2O. The van der Waals surface area contributed by atoms with E-state index in [-0.39, 0.29) is 5.54 Å². The fraction of sp³-hybridized carbons (Fsp3) is 1.00. The lowest BCUT2D eigenvalue weighted by molar-refractivity contribution is 0.111. The average molecular weight is 228 g/mol. The van der Waals surface area contributed by atoms with Gasteiger partial charge in [0.25, 0.3) is 0 Å². The van der Waals surface area contributed by atoms with Gasteiger partial charge in [-0.3, -0.25) is 9.80 Å². The van der Waals surface area contributed by atoms with Crippen molar-refractivity contribution in [3.8, 4) is 0 Å². The Hall–Kier alpha value is -0.120. The molecule has 16 heavy (non-hydrogen) atoms. The van der Waals surface area contributed by atoms with Crippen LogP contribution >= 0.6 is 0 Å². The Bertz CT molecular complexity index is 212. The van der Waals surface area contributed by atoms with Crippen molar-refractivity contribution in [2.75, 3.05) is 33.9 Å². The first-order valence-electron chi connectivity index (χ1n) is 6.32. The van der Waals surface area contributed by atoms with Crippen LogP contribution in [0.3, 0.4) is 0 Å². The first-order valence-corrected chi connectivity index (χ1v) is 6.32. The molecule has 1 saturated heterocycles. The molecule has 3 nitrogen and oxygen atoms in total. The molecule has 2 atom stereocenters. The minimum absolute atomic E-state index is 0.288. The van der Waals surface area contributed by atoms with E-state index < -0.39 is 0 Å². The highest BCUT2D eigenvalue weighted by atomic mass is 16.5. The minimum Gasteiger partial charge on any atom is -0.383 e. The Kier molecular flexibility index (Phi) is 4.77. The van der Waals surface area contributed by atoms with Crippen LogP contribution in [0.25, 0.3) is 0 Å². The van der Waals surface area contributed by atoms with Crippen LogP contribution in [-0.2, 0) is 4.74 Å². The van der Waals surface area contributed by atoms with E-state index in [2.05, 4.69) is 44.5 Å². The molecule has 1 aliphatic heterocycles. The van der Waals surface area contributed by atoms with Gasteiger partial charge in [0.1, 0.15) is 0 Å². The molecule has 0 bridgehead atoms. The van der Waals surface area contributed by atoms with Gasteiger partial charge in [-0.15, -0.1) is 0 Å². The van der Waals surface area contributed by atoms with Crippen molar-refractivity contribution in [1.82, 2.24) is 9.80 Å². The predicted molar refractivity (Wildman–Crippen MR) is 68.8 cm³/mol. The Morgan fingerprint density at radius 1 is 1.38 bits per heavy atom. The smallest absolute Gasteiger partial charge is 0.0589 e. The maximum atomic E-state index is 5.14. The lowest BCUT2D eigenvalue weighted by Gasteiger charge is -2.35. The summed E-state index contributed by atoms with van der Waals surface area (Å²) in [6, 6.07) is 1.37. The molecule has 0 aromatic rings. The third-order valence-electron chi connectivity index (χ3n) is 3.69. The summed E-state index contributed by atoms with van der Waals surface area (Å²) in [5.41, 5.74) is 0.288. The lowest BCUT2D eigenvalue weighted by Crippen LogP contribution is -2.45. The van der Waals surface area contributed by atoms with Crippen molar-refractivity contribution in [2.45, 2.75) is 51.7 Å². The fourth-order valence-electron chi connectivity index (χ4n) is 2.67. The second-order valence-electron chi connectivity index (χ2n) is 6.04. The van der Waals surface area contributed by atoms with E-state index in [0.29, 0.717) is 12.1 Å². The number of methoxy groups -OCH3 is 1. The van der Waals surface area contributed by atoms with Gasteiger partial charge >= 0.3 is 0 Å². The monoisotopic (exact) mass is 228 g/mol. The molecule has 1 aliphatic rings. The van der Waals surface area contributed by atoms with Crippen molar-refractivity contribution in [3.05, 3.63) is 0 Å². The van der Waals surface area contributed by atoms with Crippen molar-refractivity contribution < 1.29 is 4.74 Å². The molecule has 0 amide bonds. The van der Waals surface area contributed by atoms with Gasteiger partial charge in [-0.2, -0.15) is 0 Å². The van der Waals surface area contributed by atoms with Gasteiger partial charge in [-0.25, -0.2) is 0 Å². The lowest BCUT2D eigenvalue weighted by atomic mass is 10.1. The van der Waals surface area contributed by atoms with Crippen LogP contribution in [0.2, 0.25) is 0 Å². The number of ether oxygens (including phenoxy) is 1. The summed E-state index contributed by atoms with van der Waals surface area (Å²) in [6.07, 6.45) is 1.28. The van der Waals surface area contributed by atoms with Crippen LogP contribution in [0.4, 0.5) is 0 Å². The Morgan fingerprint density at radius 2 is 2.00 bits per heavy atom. The zero-order valence-corrected chi connectivity index (χ0v) is 11.8. The van der Waals surface area contributed by atoms with Gasteiger partial charge < -0.3 is 4.74 Å². The van der Waals surface area contributed by atoms with E-state index >= 15 is 0 Å². The molecule has 0 saturated carbocycles. The van der Waals surface area contributed by atoms with E-state index in [1.54, 1.807) is 7.11 Å². The second kappa shape index (κ2) is 5.48. The summed E-state index contributed by atoms with van der Waals surface area (Å²) in [5.74, 6) is 0. The van der Waals surface area contributed by atoms with Crippen molar-refractivity contribution in [2.24, 2.45) is 0 Å². The largest absolute Gasteiger partial charge is 0.383 e. The summed E-state index contributed by atoms with van der Waals surface area (Å²) in [6.45, 7) is 12.3. The molecule has 96 valence electrons. The number of hydrogen-bond donors (Lipinski definition) is 0. The summed E-state index contributed by atoms with van der Waals surface area (Å²) < 4.78 is 5.14. The predicted octanol–water partition coefficient (Wildman–Crippen LogP) is 1.83. The molecule has 0 aromatic heterocycles. The zero-order valence-electron chi connectivity index (χ0n) is 11.8. The topological polar surface area (TPSA) is 15.7 Å². The highest BCUT2D eigenvalue weighted by Crippen LogP contribution is 2.28. The van der Waals surface area contributed by atoms with E-state index in [4.69, 9.17) is 4.74 Å².